The van der Waals surface area contributed by atoms with E-state index in [9.17, 15) is 18.0 Å². The highest BCUT2D eigenvalue weighted by molar-refractivity contribution is 7.18. The van der Waals surface area contributed by atoms with E-state index in [0.717, 1.165) is 22.6 Å². The molecular formula is C17H15F3N2OS. The van der Waals surface area contributed by atoms with Crippen LogP contribution in [-0.4, -0.2) is 9.55 Å². The number of hydrogen-bond acceptors (Lipinski definition) is 3. The lowest BCUT2D eigenvalue weighted by atomic mass is 10.1. The minimum absolute atomic E-state index is 0.153. The number of benzene rings is 1. The number of nitrogens with zero attached hydrogens (tertiary/aromatic N) is 2. The number of rotatable bonds is 2. The molecule has 7 heteroatoms. The lowest BCUT2D eigenvalue weighted by molar-refractivity contribution is -0.137. The molecule has 2 heterocycles. The van der Waals surface area contributed by atoms with Gasteiger partial charge >= 0.3 is 6.18 Å². The molecule has 0 saturated heterocycles. The van der Waals surface area contributed by atoms with Crippen LogP contribution in [0.5, 0.6) is 0 Å². The Balaban J connectivity index is 2.04. The molecule has 2 aromatic heterocycles. The van der Waals surface area contributed by atoms with Crippen LogP contribution in [0.3, 0.4) is 0 Å². The van der Waals surface area contributed by atoms with E-state index in [0.29, 0.717) is 21.6 Å². The number of aromatic nitrogens is 2. The van der Waals surface area contributed by atoms with Crippen LogP contribution in [0.15, 0.2) is 29.1 Å². The second-order valence-electron chi connectivity index (χ2n) is 5.71. The fourth-order valence-electron chi connectivity index (χ4n) is 2.60. The maximum atomic E-state index is 12.8. The van der Waals surface area contributed by atoms with E-state index in [2.05, 4.69) is 4.98 Å². The van der Waals surface area contributed by atoms with Gasteiger partial charge in [-0.3, -0.25) is 9.36 Å². The molecule has 1 aromatic carbocycles. The summed E-state index contributed by atoms with van der Waals surface area (Å²) in [7, 11) is 0. The third-order valence-corrected chi connectivity index (χ3v) is 5.20. The molecule has 3 aromatic rings. The molecule has 24 heavy (non-hydrogen) atoms. The number of fused-ring (bicyclic) bond motifs is 1. The van der Waals surface area contributed by atoms with E-state index in [-0.39, 0.29) is 12.1 Å². The van der Waals surface area contributed by atoms with Crippen molar-refractivity contribution in [2.75, 3.05) is 0 Å². The van der Waals surface area contributed by atoms with E-state index in [1.807, 2.05) is 13.8 Å². The van der Waals surface area contributed by atoms with Gasteiger partial charge in [0.1, 0.15) is 10.7 Å². The average molecular weight is 352 g/mol. The quantitative estimate of drug-likeness (QED) is 0.683. The van der Waals surface area contributed by atoms with Crippen LogP contribution in [0.4, 0.5) is 13.2 Å². The fourth-order valence-corrected chi connectivity index (χ4v) is 3.66. The molecule has 126 valence electrons. The minimum atomic E-state index is -4.36. The highest BCUT2D eigenvalue weighted by Crippen LogP contribution is 2.29. The first-order valence-corrected chi connectivity index (χ1v) is 8.13. The number of halogens is 3. The predicted octanol–water partition coefficient (Wildman–Crippen LogP) is 4.45. The van der Waals surface area contributed by atoms with Crippen molar-refractivity contribution in [2.24, 2.45) is 0 Å². The first-order valence-electron chi connectivity index (χ1n) is 7.31. The average Bonchev–Trinajstić information content (AvgIpc) is 2.78. The Morgan fingerprint density at radius 2 is 1.75 bits per heavy atom. The Bertz CT molecular complexity index is 969. The molecule has 0 atom stereocenters. The van der Waals surface area contributed by atoms with Crippen molar-refractivity contribution in [3.8, 4) is 0 Å². The molecule has 0 fully saturated rings. The molecule has 0 unspecified atom stereocenters. The van der Waals surface area contributed by atoms with Crippen molar-refractivity contribution in [1.82, 2.24) is 9.55 Å². The standard InChI is InChI=1S/C17H15F3N2OS/c1-9-10(2)24-15-14(9)16(23)22(11(3)21-15)8-12-4-6-13(7-5-12)17(18,19)20/h4-7H,8H2,1-3H3. The van der Waals surface area contributed by atoms with Gasteiger partial charge in [0.25, 0.3) is 5.56 Å². The molecule has 0 aliphatic carbocycles. The summed E-state index contributed by atoms with van der Waals surface area (Å²) in [4.78, 5) is 19.0. The van der Waals surface area contributed by atoms with Crippen molar-refractivity contribution < 1.29 is 13.2 Å². The third kappa shape index (κ3) is 2.84. The maximum absolute atomic E-state index is 12.8. The number of hydrogen-bond donors (Lipinski definition) is 0. The van der Waals surface area contributed by atoms with Crippen molar-refractivity contribution >= 4 is 21.6 Å². The Morgan fingerprint density at radius 3 is 2.33 bits per heavy atom. The second-order valence-corrected chi connectivity index (χ2v) is 6.91. The Kier molecular flexibility index (Phi) is 3.99. The van der Waals surface area contributed by atoms with Gasteiger partial charge in [0.15, 0.2) is 0 Å². The zero-order valence-electron chi connectivity index (χ0n) is 13.4. The van der Waals surface area contributed by atoms with Gasteiger partial charge in [0.05, 0.1) is 17.5 Å². The van der Waals surface area contributed by atoms with E-state index >= 15 is 0 Å². The fraction of sp³-hybridized carbons (Fsp3) is 0.294. The van der Waals surface area contributed by atoms with Crippen LogP contribution in [-0.2, 0) is 12.7 Å². The minimum Gasteiger partial charge on any atom is -0.292 e. The molecule has 0 aliphatic rings. The number of aryl methyl sites for hydroxylation is 3. The molecule has 0 N–H and O–H groups in total. The highest BCUT2D eigenvalue weighted by atomic mass is 32.1. The molecule has 0 aliphatic heterocycles. The van der Waals surface area contributed by atoms with Gasteiger partial charge in [-0.25, -0.2) is 4.98 Å². The highest BCUT2D eigenvalue weighted by Gasteiger charge is 2.29. The van der Waals surface area contributed by atoms with Gasteiger partial charge < -0.3 is 0 Å². The van der Waals surface area contributed by atoms with Gasteiger partial charge in [0.2, 0.25) is 0 Å². The van der Waals surface area contributed by atoms with Gasteiger partial charge in [-0.15, -0.1) is 11.3 Å². The van der Waals surface area contributed by atoms with Crippen LogP contribution >= 0.6 is 11.3 Å². The summed E-state index contributed by atoms with van der Waals surface area (Å²) < 4.78 is 39.4. The van der Waals surface area contributed by atoms with Gasteiger partial charge in [0, 0.05) is 4.88 Å². The van der Waals surface area contributed by atoms with E-state index in [4.69, 9.17) is 0 Å². The summed E-state index contributed by atoms with van der Waals surface area (Å²) in [6.45, 7) is 5.75. The van der Waals surface area contributed by atoms with Crippen LogP contribution in [0.25, 0.3) is 10.2 Å². The van der Waals surface area contributed by atoms with E-state index in [1.54, 1.807) is 6.92 Å². The second kappa shape index (κ2) is 5.73. The largest absolute Gasteiger partial charge is 0.416 e. The zero-order valence-corrected chi connectivity index (χ0v) is 14.2. The van der Waals surface area contributed by atoms with Crippen molar-refractivity contribution in [2.45, 2.75) is 33.5 Å². The first-order chi connectivity index (χ1) is 11.2. The van der Waals surface area contributed by atoms with Crippen molar-refractivity contribution in [3.63, 3.8) is 0 Å². The lowest BCUT2D eigenvalue weighted by Gasteiger charge is -2.11. The van der Waals surface area contributed by atoms with Crippen molar-refractivity contribution in [1.29, 1.82) is 0 Å². The Labute approximate surface area is 140 Å². The monoisotopic (exact) mass is 352 g/mol. The molecule has 0 amide bonds. The Hall–Kier alpha value is -2.15. The van der Waals surface area contributed by atoms with E-state index in [1.165, 1.54) is 28.0 Å². The molecule has 0 spiro atoms. The van der Waals surface area contributed by atoms with Gasteiger partial charge in [-0.1, -0.05) is 12.1 Å². The molecule has 0 radical (unpaired) electrons. The molecule has 0 saturated carbocycles. The summed E-state index contributed by atoms with van der Waals surface area (Å²) in [5.41, 5.74) is 0.681. The topological polar surface area (TPSA) is 34.9 Å². The SMILES string of the molecule is Cc1sc2nc(C)n(Cc3ccc(C(F)(F)F)cc3)c(=O)c2c1C. The molecule has 3 rings (SSSR count). The third-order valence-electron chi connectivity index (χ3n) is 4.10. The number of thiophene rings is 1. The first kappa shape index (κ1) is 16.7. The normalized spacial score (nSPS) is 12.1. The molecular weight excluding hydrogens is 337 g/mol. The zero-order chi connectivity index (χ0) is 17.6. The number of alkyl halides is 3. The molecule has 0 bridgehead atoms. The summed E-state index contributed by atoms with van der Waals surface area (Å²) in [6, 6.07) is 4.85. The van der Waals surface area contributed by atoms with Crippen molar-refractivity contribution in [3.05, 3.63) is 62.0 Å². The maximum Gasteiger partial charge on any atom is 0.416 e. The van der Waals surface area contributed by atoms with Crippen LogP contribution in [0.2, 0.25) is 0 Å². The lowest BCUT2D eigenvalue weighted by Crippen LogP contribution is -2.24. The van der Waals surface area contributed by atoms with Gasteiger partial charge in [-0.2, -0.15) is 13.2 Å². The van der Waals surface area contributed by atoms with Gasteiger partial charge in [-0.05, 0) is 44.0 Å². The Morgan fingerprint density at radius 1 is 1.12 bits per heavy atom. The van der Waals surface area contributed by atoms with Crippen LogP contribution in [0, 0.1) is 20.8 Å². The summed E-state index contributed by atoms with van der Waals surface area (Å²) >= 11 is 1.48. The van der Waals surface area contributed by atoms with Crippen LogP contribution in [0.1, 0.15) is 27.4 Å². The summed E-state index contributed by atoms with van der Waals surface area (Å²) in [5.74, 6) is 0.550. The summed E-state index contributed by atoms with van der Waals surface area (Å²) in [6.07, 6.45) is -4.36. The van der Waals surface area contributed by atoms with Crippen LogP contribution < -0.4 is 5.56 Å². The van der Waals surface area contributed by atoms with E-state index < -0.39 is 11.7 Å². The summed E-state index contributed by atoms with van der Waals surface area (Å²) in [5, 5.41) is 0.593. The predicted molar refractivity (Wildman–Crippen MR) is 88.6 cm³/mol. The smallest absolute Gasteiger partial charge is 0.292 e. The molecule has 3 nitrogen and oxygen atoms in total.